The van der Waals surface area contributed by atoms with E-state index in [1.165, 1.54) is 14.2 Å². The Morgan fingerprint density at radius 2 is 1.96 bits per heavy atom. The van der Waals surface area contributed by atoms with Gasteiger partial charge in [0.05, 0.1) is 20.6 Å². The van der Waals surface area contributed by atoms with Gasteiger partial charge >= 0.3 is 5.97 Å². The normalized spacial score (nSPS) is 23.4. The zero-order valence-electron chi connectivity index (χ0n) is 14.4. The molecule has 0 bridgehead atoms. The third kappa shape index (κ3) is 4.20. The molecule has 0 radical (unpaired) electrons. The second-order valence-corrected chi connectivity index (χ2v) is 6.87. The minimum atomic E-state index is -0.919. The van der Waals surface area contributed by atoms with E-state index in [2.05, 4.69) is 12.2 Å². The second kappa shape index (κ2) is 7.88. The van der Waals surface area contributed by atoms with Gasteiger partial charge < -0.3 is 14.8 Å². The summed E-state index contributed by atoms with van der Waals surface area (Å²) in [7, 11) is 2.89. The molecule has 24 heavy (non-hydrogen) atoms. The monoisotopic (exact) mass is 353 g/mol. The number of ether oxygens (including phenoxy) is 2. The van der Waals surface area contributed by atoms with Crippen molar-refractivity contribution in [3.05, 3.63) is 28.8 Å². The van der Waals surface area contributed by atoms with Crippen molar-refractivity contribution in [1.29, 1.82) is 0 Å². The first-order valence-electron chi connectivity index (χ1n) is 8.12. The van der Waals surface area contributed by atoms with Crippen molar-refractivity contribution in [2.75, 3.05) is 14.2 Å². The van der Waals surface area contributed by atoms with Gasteiger partial charge in [0.25, 0.3) is 0 Å². The number of methoxy groups -OCH3 is 2. The van der Waals surface area contributed by atoms with Crippen LogP contribution in [0.1, 0.15) is 38.2 Å². The number of hydrogen-bond donors (Lipinski definition) is 1. The van der Waals surface area contributed by atoms with Crippen molar-refractivity contribution in [2.24, 2.45) is 5.92 Å². The van der Waals surface area contributed by atoms with Gasteiger partial charge in [0.15, 0.2) is 0 Å². The zero-order valence-corrected chi connectivity index (χ0v) is 15.1. The van der Waals surface area contributed by atoms with Gasteiger partial charge in [-0.3, -0.25) is 4.79 Å². The molecule has 1 aliphatic carbocycles. The molecule has 1 aromatic rings. The topological polar surface area (TPSA) is 64.6 Å². The summed E-state index contributed by atoms with van der Waals surface area (Å²) in [5, 5.41) is 3.46. The Hall–Kier alpha value is -1.75. The van der Waals surface area contributed by atoms with Crippen LogP contribution in [-0.2, 0) is 20.7 Å². The molecule has 0 saturated heterocycles. The molecule has 5 nitrogen and oxygen atoms in total. The van der Waals surface area contributed by atoms with Crippen molar-refractivity contribution < 1.29 is 19.1 Å². The van der Waals surface area contributed by atoms with Crippen LogP contribution in [0.2, 0.25) is 5.02 Å². The molecule has 1 saturated carbocycles. The fourth-order valence-electron chi connectivity index (χ4n) is 3.18. The average Bonchev–Trinajstić information content (AvgIpc) is 2.57. The number of nitrogens with one attached hydrogen (secondary N) is 1. The number of amides is 1. The molecule has 0 aliphatic heterocycles. The number of rotatable bonds is 5. The largest absolute Gasteiger partial charge is 0.496 e. The average molecular weight is 354 g/mol. The van der Waals surface area contributed by atoms with Crippen molar-refractivity contribution in [3.8, 4) is 5.75 Å². The summed E-state index contributed by atoms with van der Waals surface area (Å²) in [6.45, 7) is 2.15. The van der Waals surface area contributed by atoms with Crippen LogP contribution in [0.5, 0.6) is 5.75 Å². The van der Waals surface area contributed by atoms with E-state index in [0.717, 1.165) is 18.4 Å². The first-order valence-corrected chi connectivity index (χ1v) is 8.50. The SMILES string of the molecule is COC(=O)C1(NC(=O)Cc2ccc(Cl)cc2OC)CCC(C)CC1. The minimum absolute atomic E-state index is 0.120. The van der Waals surface area contributed by atoms with Crippen molar-refractivity contribution in [2.45, 2.75) is 44.6 Å². The summed E-state index contributed by atoms with van der Waals surface area (Å²) >= 11 is 5.94. The van der Waals surface area contributed by atoms with Crippen LogP contribution in [-0.4, -0.2) is 31.6 Å². The lowest BCUT2D eigenvalue weighted by molar-refractivity contribution is -0.153. The summed E-state index contributed by atoms with van der Waals surface area (Å²) in [6, 6.07) is 5.14. The number of carbonyl (C=O) groups is 2. The molecule has 2 rings (SSSR count). The fraction of sp³-hybridized carbons (Fsp3) is 0.556. The summed E-state index contributed by atoms with van der Waals surface area (Å²) in [6.07, 6.45) is 3.10. The standard InChI is InChI=1S/C18H24ClNO4/c1-12-6-8-18(9-7-12,17(22)24-3)20-16(21)10-13-4-5-14(19)11-15(13)23-2/h4-5,11-12H,6-10H2,1-3H3,(H,20,21). The van der Waals surface area contributed by atoms with Gasteiger partial charge in [-0.25, -0.2) is 4.79 Å². The second-order valence-electron chi connectivity index (χ2n) is 6.44. The Morgan fingerprint density at radius 3 is 2.54 bits per heavy atom. The van der Waals surface area contributed by atoms with Gasteiger partial charge in [-0.05, 0) is 43.7 Å². The van der Waals surface area contributed by atoms with Gasteiger partial charge in [0.2, 0.25) is 5.91 Å². The molecule has 1 N–H and O–H groups in total. The van der Waals surface area contributed by atoms with Gasteiger partial charge in [0, 0.05) is 10.6 Å². The Labute approximate surface area is 147 Å². The summed E-state index contributed by atoms with van der Waals surface area (Å²) in [5.74, 6) is 0.513. The zero-order chi connectivity index (χ0) is 17.7. The smallest absolute Gasteiger partial charge is 0.331 e. The highest BCUT2D eigenvalue weighted by Crippen LogP contribution is 2.33. The molecule has 1 amide bonds. The Morgan fingerprint density at radius 1 is 1.29 bits per heavy atom. The Balaban J connectivity index is 2.12. The number of halogens is 1. The molecule has 132 valence electrons. The van der Waals surface area contributed by atoms with E-state index >= 15 is 0 Å². The molecule has 0 aromatic heterocycles. The molecule has 0 unspecified atom stereocenters. The lowest BCUT2D eigenvalue weighted by Crippen LogP contribution is -2.57. The number of benzene rings is 1. The third-order valence-electron chi connectivity index (χ3n) is 4.68. The molecule has 1 aliphatic rings. The summed E-state index contributed by atoms with van der Waals surface area (Å²) < 4.78 is 10.2. The number of carbonyl (C=O) groups excluding carboxylic acids is 2. The third-order valence-corrected chi connectivity index (χ3v) is 4.92. The number of hydrogen-bond acceptors (Lipinski definition) is 4. The predicted octanol–water partition coefficient (Wildman–Crippen LogP) is 3.13. The number of esters is 1. The van der Waals surface area contributed by atoms with E-state index in [1.54, 1.807) is 18.2 Å². The Kier molecular flexibility index (Phi) is 6.10. The van der Waals surface area contributed by atoms with Crippen molar-refractivity contribution in [3.63, 3.8) is 0 Å². The lowest BCUT2D eigenvalue weighted by atomic mass is 9.77. The predicted molar refractivity (Wildman–Crippen MR) is 92.2 cm³/mol. The van der Waals surface area contributed by atoms with Crippen LogP contribution in [0.3, 0.4) is 0 Å². The van der Waals surface area contributed by atoms with Crippen LogP contribution < -0.4 is 10.1 Å². The molecule has 1 fully saturated rings. The molecule has 0 spiro atoms. The highest BCUT2D eigenvalue weighted by atomic mass is 35.5. The van der Waals surface area contributed by atoms with Crippen LogP contribution in [0.25, 0.3) is 0 Å². The van der Waals surface area contributed by atoms with Gasteiger partial charge in [-0.2, -0.15) is 0 Å². The van der Waals surface area contributed by atoms with E-state index < -0.39 is 5.54 Å². The maximum absolute atomic E-state index is 12.5. The van der Waals surface area contributed by atoms with Crippen molar-refractivity contribution in [1.82, 2.24) is 5.32 Å². The molecule has 0 atom stereocenters. The highest BCUT2D eigenvalue weighted by molar-refractivity contribution is 6.30. The van der Waals surface area contributed by atoms with Crippen LogP contribution in [0.15, 0.2) is 18.2 Å². The first-order chi connectivity index (χ1) is 11.4. The van der Waals surface area contributed by atoms with Gasteiger partial charge in [-0.1, -0.05) is 24.6 Å². The van der Waals surface area contributed by atoms with E-state index in [-0.39, 0.29) is 18.3 Å². The van der Waals surface area contributed by atoms with E-state index in [9.17, 15) is 9.59 Å². The van der Waals surface area contributed by atoms with E-state index in [0.29, 0.717) is 29.5 Å². The van der Waals surface area contributed by atoms with E-state index in [1.807, 2.05) is 0 Å². The maximum Gasteiger partial charge on any atom is 0.331 e. The molecule has 6 heteroatoms. The van der Waals surface area contributed by atoms with Crippen molar-refractivity contribution >= 4 is 23.5 Å². The molecular weight excluding hydrogens is 330 g/mol. The maximum atomic E-state index is 12.5. The van der Waals surface area contributed by atoms with E-state index in [4.69, 9.17) is 21.1 Å². The fourth-order valence-corrected chi connectivity index (χ4v) is 3.34. The summed E-state index contributed by atoms with van der Waals surface area (Å²) in [5.41, 5.74) is -0.193. The van der Waals surface area contributed by atoms with Gasteiger partial charge in [-0.15, -0.1) is 0 Å². The quantitative estimate of drug-likeness (QED) is 0.826. The van der Waals surface area contributed by atoms with Crippen LogP contribution >= 0.6 is 11.6 Å². The summed E-state index contributed by atoms with van der Waals surface area (Å²) in [4.78, 5) is 24.8. The highest BCUT2D eigenvalue weighted by Gasteiger charge is 2.43. The minimum Gasteiger partial charge on any atom is -0.496 e. The Bertz CT molecular complexity index is 609. The molecular formula is C18H24ClNO4. The molecule has 1 aromatic carbocycles. The lowest BCUT2D eigenvalue weighted by Gasteiger charge is -2.37. The molecule has 0 heterocycles. The van der Waals surface area contributed by atoms with Gasteiger partial charge in [0.1, 0.15) is 11.3 Å². The van der Waals surface area contributed by atoms with Crippen LogP contribution in [0.4, 0.5) is 0 Å². The van der Waals surface area contributed by atoms with Crippen LogP contribution in [0, 0.1) is 5.92 Å². The first kappa shape index (κ1) is 18.6.